The minimum absolute atomic E-state index is 0.273. The Bertz CT molecular complexity index is 221. The van der Waals surface area contributed by atoms with E-state index in [1.807, 2.05) is 19.1 Å². The second-order valence-electron chi connectivity index (χ2n) is 2.75. The summed E-state index contributed by atoms with van der Waals surface area (Å²) >= 11 is 0. The molecular formula is C10H14O. The number of hydrogen-bond donors (Lipinski definition) is 0. The standard InChI is InChI=1S/C10H14O/c1-3-5-9-7-6-8(4-2)10(9)11/h5-6H,3-4,7H2,1-2H3. The molecule has 0 fully saturated rings. The van der Waals surface area contributed by atoms with Crippen LogP contribution in [0.15, 0.2) is 23.3 Å². The van der Waals surface area contributed by atoms with Gasteiger partial charge in [-0.25, -0.2) is 0 Å². The first-order valence-corrected chi connectivity index (χ1v) is 4.22. The van der Waals surface area contributed by atoms with Crippen molar-refractivity contribution in [2.24, 2.45) is 0 Å². The summed E-state index contributed by atoms with van der Waals surface area (Å²) in [6.07, 6.45) is 6.77. The molecule has 1 aliphatic rings. The van der Waals surface area contributed by atoms with Gasteiger partial charge in [0.15, 0.2) is 5.78 Å². The molecule has 0 unspecified atom stereocenters. The summed E-state index contributed by atoms with van der Waals surface area (Å²) in [5.41, 5.74) is 1.98. The molecule has 11 heavy (non-hydrogen) atoms. The van der Waals surface area contributed by atoms with E-state index in [4.69, 9.17) is 0 Å². The molecule has 0 spiro atoms. The van der Waals surface area contributed by atoms with Crippen molar-refractivity contribution < 1.29 is 4.79 Å². The Morgan fingerprint density at radius 2 is 2.27 bits per heavy atom. The van der Waals surface area contributed by atoms with Crippen LogP contribution in [0.3, 0.4) is 0 Å². The van der Waals surface area contributed by atoms with E-state index >= 15 is 0 Å². The number of rotatable bonds is 2. The Morgan fingerprint density at radius 1 is 1.55 bits per heavy atom. The van der Waals surface area contributed by atoms with Crippen LogP contribution in [0, 0.1) is 0 Å². The number of Topliss-reactive ketones (excluding diaryl/α,β-unsaturated/α-hetero) is 1. The molecule has 1 heteroatoms. The van der Waals surface area contributed by atoms with Crippen molar-refractivity contribution in [3.05, 3.63) is 23.3 Å². The molecular weight excluding hydrogens is 136 g/mol. The summed E-state index contributed by atoms with van der Waals surface area (Å²) in [6, 6.07) is 0. The molecule has 0 aromatic rings. The van der Waals surface area contributed by atoms with Crippen molar-refractivity contribution in [2.45, 2.75) is 33.1 Å². The predicted octanol–water partition coefficient (Wildman–Crippen LogP) is 2.63. The second-order valence-corrected chi connectivity index (χ2v) is 2.75. The number of hydrogen-bond acceptors (Lipinski definition) is 1. The van der Waals surface area contributed by atoms with Crippen LogP contribution in [-0.2, 0) is 4.79 Å². The second kappa shape index (κ2) is 3.51. The fraction of sp³-hybridized carbons (Fsp3) is 0.500. The van der Waals surface area contributed by atoms with Gasteiger partial charge < -0.3 is 0 Å². The fourth-order valence-corrected chi connectivity index (χ4v) is 1.35. The van der Waals surface area contributed by atoms with Gasteiger partial charge in [0.2, 0.25) is 0 Å². The maximum atomic E-state index is 11.4. The smallest absolute Gasteiger partial charge is 0.184 e. The third kappa shape index (κ3) is 1.59. The summed E-state index contributed by atoms with van der Waals surface area (Å²) in [7, 11) is 0. The van der Waals surface area contributed by atoms with E-state index in [1.54, 1.807) is 0 Å². The van der Waals surface area contributed by atoms with Gasteiger partial charge in [0, 0.05) is 0 Å². The van der Waals surface area contributed by atoms with E-state index in [9.17, 15) is 4.79 Å². The van der Waals surface area contributed by atoms with E-state index < -0.39 is 0 Å². The molecule has 1 rings (SSSR count). The molecule has 1 nitrogen and oxygen atoms in total. The maximum Gasteiger partial charge on any atom is 0.184 e. The lowest BCUT2D eigenvalue weighted by atomic mass is 10.1. The highest BCUT2D eigenvalue weighted by molar-refractivity contribution is 6.10. The molecule has 0 bridgehead atoms. The molecule has 0 atom stereocenters. The van der Waals surface area contributed by atoms with Gasteiger partial charge in [0.05, 0.1) is 0 Å². The van der Waals surface area contributed by atoms with Crippen molar-refractivity contribution in [1.29, 1.82) is 0 Å². The molecule has 0 saturated carbocycles. The average molecular weight is 150 g/mol. The van der Waals surface area contributed by atoms with Gasteiger partial charge in [0.1, 0.15) is 0 Å². The van der Waals surface area contributed by atoms with Crippen LogP contribution < -0.4 is 0 Å². The molecule has 0 aromatic heterocycles. The van der Waals surface area contributed by atoms with Crippen LogP contribution in [0.2, 0.25) is 0 Å². The van der Waals surface area contributed by atoms with Gasteiger partial charge in [-0.2, -0.15) is 0 Å². The minimum Gasteiger partial charge on any atom is -0.289 e. The molecule has 0 heterocycles. The van der Waals surface area contributed by atoms with E-state index in [2.05, 4.69) is 6.92 Å². The molecule has 0 N–H and O–H groups in total. The molecule has 0 aromatic carbocycles. The molecule has 0 amide bonds. The lowest BCUT2D eigenvalue weighted by Gasteiger charge is -1.95. The van der Waals surface area contributed by atoms with Crippen LogP contribution in [0.1, 0.15) is 33.1 Å². The first kappa shape index (κ1) is 8.25. The Labute approximate surface area is 67.8 Å². The third-order valence-corrected chi connectivity index (χ3v) is 1.98. The van der Waals surface area contributed by atoms with Crippen LogP contribution in [0.4, 0.5) is 0 Å². The highest BCUT2D eigenvalue weighted by atomic mass is 16.1. The van der Waals surface area contributed by atoms with Gasteiger partial charge in [-0.15, -0.1) is 0 Å². The van der Waals surface area contributed by atoms with E-state index in [1.165, 1.54) is 0 Å². The summed E-state index contributed by atoms with van der Waals surface area (Å²) in [5.74, 6) is 0.273. The van der Waals surface area contributed by atoms with Gasteiger partial charge >= 0.3 is 0 Å². The van der Waals surface area contributed by atoms with E-state index in [0.29, 0.717) is 0 Å². The Hall–Kier alpha value is -0.850. The van der Waals surface area contributed by atoms with Crippen LogP contribution >= 0.6 is 0 Å². The number of carbonyl (C=O) groups excluding carboxylic acids is 1. The van der Waals surface area contributed by atoms with Crippen molar-refractivity contribution in [1.82, 2.24) is 0 Å². The zero-order valence-corrected chi connectivity index (χ0v) is 7.18. The van der Waals surface area contributed by atoms with Crippen LogP contribution in [0.25, 0.3) is 0 Å². The lowest BCUT2D eigenvalue weighted by Crippen LogP contribution is -1.97. The van der Waals surface area contributed by atoms with Crippen LogP contribution in [0.5, 0.6) is 0 Å². The van der Waals surface area contributed by atoms with Crippen molar-refractivity contribution in [2.75, 3.05) is 0 Å². The number of ketones is 1. The Balaban J connectivity index is 2.71. The third-order valence-electron chi connectivity index (χ3n) is 1.98. The van der Waals surface area contributed by atoms with E-state index in [-0.39, 0.29) is 5.78 Å². The molecule has 0 aliphatic heterocycles. The zero-order chi connectivity index (χ0) is 8.27. The Kier molecular flexibility index (Phi) is 2.64. The van der Waals surface area contributed by atoms with Gasteiger partial charge in [-0.1, -0.05) is 26.0 Å². The topological polar surface area (TPSA) is 17.1 Å². The summed E-state index contributed by atoms with van der Waals surface area (Å²) in [4.78, 5) is 11.4. The average Bonchev–Trinajstić information content (AvgIpc) is 2.34. The molecule has 0 saturated heterocycles. The molecule has 1 aliphatic carbocycles. The predicted molar refractivity (Wildman–Crippen MR) is 46.4 cm³/mol. The Morgan fingerprint density at radius 3 is 2.73 bits per heavy atom. The van der Waals surface area contributed by atoms with Gasteiger partial charge in [-0.05, 0) is 30.4 Å². The maximum absolute atomic E-state index is 11.4. The van der Waals surface area contributed by atoms with Crippen LogP contribution in [-0.4, -0.2) is 5.78 Å². The summed E-state index contributed by atoms with van der Waals surface area (Å²) in [5, 5.41) is 0. The zero-order valence-electron chi connectivity index (χ0n) is 7.18. The number of allylic oxidation sites excluding steroid dienone is 4. The first-order chi connectivity index (χ1) is 5.29. The highest BCUT2D eigenvalue weighted by Gasteiger charge is 2.17. The SMILES string of the molecule is CCC=C1CC=C(CC)C1=O. The monoisotopic (exact) mass is 150 g/mol. The van der Waals surface area contributed by atoms with Gasteiger partial charge in [-0.3, -0.25) is 4.79 Å². The largest absolute Gasteiger partial charge is 0.289 e. The lowest BCUT2D eigenvalue weighted by molar-refractivity contribution is -0.112. The number of carbonyl (C=O) groups is 1. The molecule has 0 radical (unpaired) electrons. The fourth-order valence-electron chi connectivity index (χ4n) is 1.35. The minimum atomic E-state index is 0.273. The first-order valence-electron chi connectivity index (χ1n) is 4.22. The van der Waals surface area contributed by atoms with Gasteiger partial charge in [0.25, 0.3) is 0 Å². The summed E-state index contributed by atoms with van der Waals surface area (Å²) < 4.78 is 0. The van der Waals surface area contributed by atoms with Crippen molar-refractivity contribution >= 4 is 5.78 Å². The highest BCUT2D eigenvalue weighted by Crippen LogP contribution is 2.22. The normalized spacial score (nSPS) is 21.1. The van der Waals surface area contributed by atoms with Crippen molar-refractivity contribution in [3.8, 4) is 0 Å². The van der Waals surface area contributed by atoms with Crippen molar-refractivity contribution in [3.63, 3.8) is 0 Å². The summed E-state index contributed by atoms with van der Waals surface area (Å²) in [6.45, 7) is 4.09. The molecule has 60 valence electrons. The van der Waals surface area contributed by atoms with E-state index in [0.717, 1.165) is 30.4 Å². The quantitative estimate of drug-likeness (QED) is 0.553.